The molecular formula is C15H20N2O4. The van der Waals surface area contributed by atoms with Gasteiger partial charge in [-0.15, -0.1) is 0 Å². The van der Waals surface area contributed by atoms with Crippen molar-refractivity contribution in [2.75, 3.05) is 26.7 Å². The number of methoxy groups -OCH3 is 1. The van der Waals surface area contributed by atoms with Crippen molar-refractivity contribution in [2.45, 2.75) is 25.4 Å². The fourth-order valence-corrected chi connectivity index (χ4v) is 2.67. The standard InChI is InChI=1S/C15H20N2O4/c1-15(21-2)8-3-9-16(11-15)10-14(18)12-4-6-13(7-5-12)17(19)20/h4-7H,3,8-11H2,1-2H3. The number of ether oxygens (including phenoxy) is 1. The Bertz CT molecular complexity index is 529. The number of Topliss-reactive ketones (excluding diaryl/α,β-unsaturated/α-hetero) is 1. The molecule has 21 heavy (non-hydrogen) atoms. The molecule has 1 aliphatic heterocycles. The fraction of sp³-hybridized carbons (Fsp3) is 0.533. The molecule has 1 aliphatic rings. The van der Waals surface area contributed by atoms with Crippen molar-refractivity contribution in [3.63, 3.8) is 0 Å². The number of benzene rings is 1. The number of carbonyl (C=O) groups excluding carboxylic acids is 1. The van der Waals surface area contributed by atoms with Crippen molar-refractivity contribution in [1.82, 2.24) is 4.90 Å². The number of piperidine rings is 1. The molecule has 0 saturated carbocycles. The zero-order valence-corrected chi connectivity index (χ0v) is 12.4. The summed E-state index contributed by atoms with van der Waals surface area (Å²) < 4.78 is 5.51. The van der Waals surface area contributed by atoms with E-state index in [-0.39, 0.29) is 17.1 Å². The molecule has 2 rings (SSSR count). The summed E-state index contributed by atoms with van der Waals surface area (Å²) in [6.07, 6.45) is 1.99. The van der Waals surface area contributed by atoms with Crippen molar-refractivity contribution in [2.24, 2.45) is 0 Å². The van der Waals surface area contributed by atoms with Crippen molar-refractivity contribution < 1.29 is 14.5 Å². The maximum atomic E-state index is 12.2. The lowest BCUT2D eigenvalue weighted by Gasteiger charge is -2.39. The summed E-state index contributed by atoms with van der Waals surface area (Å²) in [6.45, 7) is 3.96. The minimum atomic E-state index is -0.469. The number of nitro groups is 1. The third kappa shape index (κ3) is 3.86. The van der Waals surface area contributed by atoms with Gasteiger partial charge >= 0.3 is 0 Å². The molecule has 1 aromatic rings. The lowest BCUT2D eigenvalue weighted by atomic mass is 9.94. The van der Waals surface area contributed by atoms with Gasteiger partial charge in [-0.1, -0.05) is 0 Å². The van der Waals surface area contributed by atoms with Gasteiger partial charge in [0, 0.05) is 31.4 Å². The Balaban J connectivity index is 1.99. The Morgan fingerprint density at radius 3 is 2.67 bits per heavy atom. The molecule has 0 radical (unpaired) electrons. The van der Waals surface area contributed by atoms with Crippen LogP contribution in [0.4, 0.5) is 5.69 Å². The number of hydrogen-bond donors (Lipinski definition) is 0. The third-order valence-corrected chi connectivity index (χ3v) is 4.00. The van der Waals surface area contributed by atoms with Crippen molar-refractivity contribution in [3.05, 3.63) is 39.9 Å². The van der Waals surface area contributed by atoms with Gasteiger partial charge in [0.05, 0.1) is 17.1 Å². The second-order valence-corrected chi connectivity index (χ2v) is 5.70. The maximum Gasteiger partial charge on any atom is 0.269 e. The van der Waals surface area contributed by atoms with Gasteiger partial charge in [-0.05, 0) is 38.4 Å². The van der Waals surface area contributed by atoms with Crippen molar-refractivity contribution >= 4 is 11.5 Å². The molecule has 1 saturated heterocycles. The Morgan fingerprint density at radius 1 is 1.43 bits per heavy atom. The molecule has 0 amide bonds. The SMILES string of the molecule is COC1(C)CCCN(CC(=O)c2ccc([N+](=O)[O-])cc2)C1. The predicted molar refractivity (Wildman–Crippen MR) is 78.5 cm³/mol. The Labute approximate surface area is 123 Å². The molecule has 6 nitrogen and oxygen atoms in total. The molecule has 0 aliphatic carbocycles. The highest BCUT2D eigenvalue weighted by Gasteiger charge is 2.31. The highest BCUT2D eigenvalue weighted by atomic mass is 16.6. The molecule has 6 heteroatoms. The van der Waals surface area contributed by atoms with Crippen molar-refractivity contribution in [3.8, 4) is 0 Å². The molecule has 1 aromatic carbocycles. The monoisotopic (exact) mass is 292 g/mol. The number of carbonyl (C=O) groups is 1. The Kier molecular flexibility index (Phi) is 4.69. The van der Waals surface area contributed by atoms with Crippen LogP contribution in [0.5, 0.6) is 0 Å². The quantitative estimate of drug-likeness (QED) is 0.473. The summed E-state index contributed by atoms with van der Waals surface area (Å²) in [5, 5.41) is 10.6. The van der Waals surface area contributed by atoms with Gasteiger partial charge in [-0.3, -0.25) is 19.8 Å². The summed E-state index contributed by atoms with van der Waals surface area (Å²) in [6, 6.07) is 5.76. The van der Waals surface area contributed by atoms with E-state index >= 15 is 0 Å². The first kappa shape index (κ1) is 15.6. The molecule has 1 heterocycles. The van der Waals surface area contributed by atoms with Gasteiger partial charge < -0.3 is 4.74 Å². The number of rotatable bonds is 5. The van der Waals surface area contributed by atoms with E-state index in [9.17, 15) is 14.9 Å². The van der Waals surface area contributed by atoms with Crippen LogP contribution in [0, 0.1) is 10.1 Å². The van der Waals surface area contributed by atoms with E-state index in [4.69, 9.17) is 4.74 Å². The number of hydrogen-bond acceptors (Lipinski definition) is 5. The number of non-ortho nitro benzene ring substituents is 1. The van der Waals surface area contributed by atoms with Gasteiger partial charge in [0.2, 0.25) is 0 Å². The second-order valence-electron chi connectivity index (χ2n) is 5.70. The molecule has 0 aromatic heterocycles. The largest absolute Gasteiger partial charge is 0.377 e. The molecule has 1 unspecified atom stereocenters. The maximum absolute atomic E-state index is 12.2. The van der Waals surface area contributed by atoms with Gasteiger partial charge in [0.25, 0.3) is 5.69 Å². The smallest absolute Gasteiger partial charge is 0.269 e. The number of likely N-dealkylation sites (tertiary alicyclic amines) is 1. The Morgan fingerprint density at radius 2 is 2.10 bits per heavy atom. The zero-order chi connectivity index (χ0) is 15.5. The summed E-state index contributed by atoms with van der Waals surface area (Å²) in [7, 11) is 1.70. The normalized spacial score (nSPS) is 23.0. The first-order valence-corrected chi connectivity index (χ1v) is 6.99. The molecule has 0 N–H and O–H groups in total. The molecule has 0 spiro atoms. The number of nitro benzene ring substituents is 1. The van der Waals surface area contributed by atoms with Crippen LogP contribution in [0.25, 0.3) is 0 Å². The van der Waals surface area contributed by atoms with Crippen LogP contribution in [-0.4, -0.2) is 48.0 Å². The zero-order valence-electron chi connectivity index (χ0n) is 12.4. The summed E-state index contributed by atoms with van der Waals surface area (Å²) in [4.78, 5) is 24.5. The summed E-state index contributed by atoms with van der Waals surface area (Å²) in [5.74, 6) is -0.0229. The summed E-state index contributed by atoms with van der Waals surface area (Å²) in [5.41, 5.74) is 0.301. The topological polar surface area (TPSA) is 72.7 Å². The van der Waals surface area contributed by atoms with Gasteiger partial charge in [0.15, 0.2) is 5.78 Å². The van der Waals surface area contributed by atoms with Crippen LogP contribution in [0.2, 0.25) is 0 Å². The van der Waals surface area contributed by atoms with E-state index in [0.717, 1.165) is 25.9 Å². The van der Waals surface area contributed by atoms with Crippen LogP contribution >= 0.6 is 0 Å². The first-order chi connectivity index (χ1) is 9.93. The van der Waals surface area contributed by atoms with E-state index in [1.54, 1.807) is 7.11 Å². The van der Waals surface area contributed by atoms with Gasteiger partial charge in [0.1, 0.15) is 0 Å². The van der Waals surface area contributed by atoms with E-state index in [1.807, 2.05) is 0 Å². The molecule has 1 fully saturated rings. The van der Waals surface area contributed by atoms with Gasteiger partial charge in [-0.2, -0.15) is 0 Å². The van der Waals surface area contributed by atoms with Crippen LogP contribution < -0.4 is 0 Å². The van der Waals surface area contributed by atoms with Crippen LogP contribution in [0.1, 0.15) is 30.1 Å². The van der Waals surface area contributed by atoms with Crippen LogP contribution in [0.3, 0.4) is 0 Å². The Hall–Kier alpha value is -1.79. The number of ketones is 1. The number of nitrogens with zero attached hydrogens (tertiary/aromatic N) is 2. The highest BCUT2D eigenvalue weighted by molar-refractivity contribution is 5.97. The lowest BCUT2D eigenvalue weighted by Crippen LogP contribution is -2.48. The predicted octanol–water partition coefficient (Wildman–Crippen LogP) is 2.28. The molecular weight excluding hydrogens is 272 g/mol. The molecule has 0 bridgehead atoms. The average molecular weight is 292 g/mol. The first-order valence-electron chi connectivity index (χ1n) is 6.99. The highest BCUT2D eigenvalue weighted by Crippen LogP contribution is 2.24. The minimum Gasteiger partial charge on any atom is -0.377 e. The summed E-state index contributed by atoms with van der Waals surface area (Å²) >= 11 is 0. The molecule has 114 valence electrons. The third-order valence-electron chi connectivity index (χ3n) is 4.00. The lowest BCUT2D eigenvalue weighted by molar-refractivity contribution is -0.384. The van der Waals surface area contributed by atoms with E-state index < -0.39 is 4.92 Å². The molecule has 1 atom stereocenters. The van der Waals surface area contributed by atoms with E-state index in [1.165, 1.54) is 24.3 Å². The fourth-order valence-electron chi connectivity index (χ4n) is 2.67. The van der Waals surface area contributed by atoms with Crippen LogP contribution in [0.15, 0.2) is 24.3 Å². The van der Waals surface area contributed by atoms with E-state index in [0.29, 0.717) is 12.1 Å². The minimum absolute atomic E-state index is 0.00326. The second kappa shape index (κ2) is 6.32. The average Bonchev–Trinajstić information content (AvgIpc) is 2.47. The van der Waals surface area contributed by atoms with Gasteiger partial charge in [-0.25, -0.2) is 0 Å². The van der Waals surface area contributed by atoms with E-state index in [2.05, 4.69) is 11.8 Å². The van der Waals surface area contributed by atoms with Crippen LogP contribution in [-0.2, 0) is 4.74 Å². The van der Waals surface area contributed by atoms with Crippen molar-refractivity contribution in [1.29, 1.82) is 0 Å².